The lowest BCUT2D eigenvalue weighted by atomic mass is 10.2. The number of aromatic nitrogens is 3. The zero-order valence-electron chi connectivity index (χ0n) is 11.0. The summed E-state index contributed by atoms with van der Waals surface area (Å²) in [4.78, 5) is 12.3. The molecule has 0 spiro atoms. The number of aryl methyl sites for hydroxylation is 1. The molecule has 2 aromatic heterocycles. The molecular weight excluding hydrogens is 260 g/mol. The second-order valence-corrected chi connectivity index (χ2v) is 4.32. The fourth-order valence-electron chi connectivity index (χ4n) is 1.94. The van der Waals surface area contributed by atoms with Gasteiger partial charge in [0, 0.05) is 17.5 Å². The summed E-state index contributed by atoms with van der Waals surface area (Å²) in [6.45, 7) is 1.73. The SMILES string of the molecule is COc1ccc2c(N)n(C(=O)c3cc(C)no3)nc2c1. The maximum atomic E-state index is 12.3. The Labute approximate surface area is 113 Å². The number of ether oxygens (including phenoxy) is 1. The van der Waals surface area contributed by atoms with Gasteiger partial charge in [0.2, 0.25) is 5.76 Å². The Morgan fingerprint density at radius 1 is 1.40 bits per heavy atom. The molecule has 0 amide bonds. The van der Waals surface area contributed by atoms with Gasteiger partial charge >= 0.3 is 5.91 Å². The summed E-state index contributed by atoms with van der Waals surface area (Å²) in [6, 6.07) is 6.76. The van der Waals surface area contributed by atoms with Gasteiger partial charge in [-0.25, -0.2) is 0 Å². The molecule has 20 heavy (non-hydrogen) atoms. The topological polar surface area (TPSA) is 96.2 Å². The van der Waals surface area contributed by atoms with Gasteiger partial charge in [-0.2, -0.15) is 9.78 Å². The first kappa shape index (κ1) is 12.2. The first-order chi connectivity index (χ1) is 9.60. The Kier molecular flexibility index (Phi) is 2.67. The number of carbonyl (C=O) groups excluding carboxylic acids is 1. The largest absolute Gasteiger partial charge is 0.497 e. The van der Waals surface area contributed by atoms with Crippen LogP contribution in [0.3, 0.4) is 0 Å². The van der Waals surface area contributed by atoms with Crippen LogP contribution in [-0.4, -0.2) is 28.0 Å². The van der Waals surface area contributed by atoms with Gasteiger partial charge < -0.3 is 15.0 Å². The molecule has 2 N–H and O–H groups in total. The third-order valence-corrected chi connectivity index (χ3v) is 2.95. The van der Waals surface area contributed by atoms with Crippen LogP contribution in [-0.2, 0) is 0 Å². The van der Waals surface area contributed by atoms with Crippen molar-refractivity contribution in [3.8, 4) is 5.75 Å². The van der Waals surface area contributed by atoms with Crippen LogP contribution >= 0.6 is 0 Å². The summed E-state index contributed by atoms with van der Waals surface area (Å²) >= 11 is 0. The molecule has 7 heteroatoms. The van der Waals surface area contributed by atoms with Gasteiger partial charge in [0.25, 0.3) is 0 Å². The molecule has 0 aliphatic rings. The Morgan fingerprint density at radius 3 is 2.85 bits per heavy atom. The van der Waals surface area contributed by atoms with E-state index >= 15 is 0 Å². The van der Waals surface area contributed by atoms with Crippen LogP contribution in [0.15, 0.2) is 28.8 Å². The molecule has 0 aliphatic heterocycles. The highest BCUT2D eigenvalue weighted by Gasteiger charge is 2.20. The van der Waals surface area contributed by atoms with E-state index in [1.165, 1.54) is 6.07 Å². The second kappa shape index (κ2) is 4.37. The van der Waals surface area contributed by atoms with E-state index < -0.39 is 5.91 Å². The minimum absolute atomic E-state index is 0.0916. The third-order valence-electron chi connectivity index (χ3n) is 2.95. The van der Waals surface area contributed by atoms with Gasteiger partial charge in [0.15, 0.2) is 0 Å². The third kappa shape index (κ3) is 1.80. The number of nitrogens with zero attached hydrogens (tertiary/aromatic N) is 3. The molecule has 0 saturated heterocycles. The molecule has 3 aromatic rings. The molecule has 0 radical (unpaired) electrons. The number of hydrogen-bond acceptors (Lipinski definition) is 6. The number of hydrogen-bond donors (Lipinski definition) is 1. The van der Waals surface area contributed by atoms with E-state index in [4.69, 9.17) is 15.0 Å². The number of carbonyl (C=O) groups is 1. The van der Waals surface area contributed by atoms with Crippen LogP contribution in [0, 0.1) is 6.92 Å². The van der Waals surface area contributed by atoms with Gasteiger partial charge in [-0.1, -0.05) is 5.16 Å². The Balaban J connectivity index is 2.12. The van der Waals surface area contributed by atoms with Crippen LogP contribution in [0.1, 0.15) is 16.2 Å². The number of anilines is 1. The Morgan fingerprint density at radius 2 is 2.20 bits per heavy atom. The quantitative estimate of drug-likeness (QED) is 0.761. The molecule has 1 aromatic carbocycles. The van der Waals surface area contributed by atoms with Crippen LogP contribution in [0.2, 0.25) is 0 Å². The van der Waals surface area contributed by atoms with Crippen molar-refractivity contribution in [2.45, 2.75) is 6.92 Å². The molecule has 0 bridgehead atoms. The highest BCUT2D eigenvalue weighted by molar-refractivity contribution is 6.01. The molecule has 102 valence electrons. The first-order valence-electron chi connectivity index (χ1n) is 5.90. The van der Waals surface area contributed by atoms with Crippen molar-refractivity contribution < 1.29 is 14.1 Å². The van der Waals surface area contributed by atoms with Crippen molar-refractivity contribution in [1.82, 2.24) is 14.9 Å². The van der Waals surface area contributed by atoms with Crippen molar-refractivity contribution in [3.05, 3.63) is 35.7 Å². The number of fused-ring (bicyclic) bond motifs is 1. The van der Waals surface area contributed by atoms with E-state index in [1.54, 1.807) is 32.2 Å². The normalized spacial score (nSPS) is 10.9. The van der Waals surface area contributed by atoms with Gasteiger partial charge in [-0.15, -0.1) is 0 Å². The fraction of sp³-hybridized carbons (Fsp3) is 0.154. The monoisotopic (exact) mass is 272 g/mol. The number of nitrogen functional groups attached to an aromatic ring is 1. The standard InChI is InChI=1S/C13H12N4O3/c1-7-5-11(20-16-7)13(18)17-12(14)9-4-3-8(19-2)6-10(9)15-17/h3-6H,14H2,1-2H3. The summed E-state index contributed by atoms with van der Waals surface area (Å²) < 4.78 is 11.2. The average molecular weight is 272 g/mol. The summed E-state index contributed by atoms with van der Waals surface area (Å²) in [7, 11) is 1.56. The molecule has 0 atom stereocenters. The highest BCUT2D eigenvalue weighted by Crippen LogP contribution is 2.25. The first-order valence-corrected chi connectivity index (χ1v) is 5.90. The maximum absolute atomic E-state index is 12.3. The Bertz CT molecular complexity index is 803. The zero-order chi connectivity index (χ0) is 14.3. The molecule has 0 saturated carbocycles. The minimum atomic E-state index is -0.460. The van der Waals surface area contributed by atoms with Crippen LogP contribution < -0.4 is 10.5 Å². The van der Waals surface area contributed by atoms with Crippen molar-refractivity contribution in [2.24, 2.45) is 0 Å². The van der Waals surface area contributed by atoms with E-state index in [0.717, 1.165) is 4.68 Å². The molecule has 0 fully saturated rings. The molecular formula is C13H12N4O3. The van der Waals surface area contributed by atoms with Crippen LogP contribution in [0.5, 0.6) is 5.75 Å². The number of rotatable bonds is 2. The highest BCUT2D eigenvalue weighted by atomic mass is 16.5. The van der Waals surface area contributed by atoms with Crippen LogP contribution in [0.4, 0.5) is 5.82 Å². The van der Waals surface area contributed by atoms with E-state index in [2.05, 4.69) is 10.3 Å². The van der Waals surface area contributed by atoms with Crippen molar-refractivity contribution in [3.63, 3.8) is 0 Å². The fourth-order valence-corrected chi connectivity index (χ4v) is 1.94. The van der Waals surface area contributed by atoms with Gasteiger partial charge in [-0.05, 0) is 19.1 Å². The molecule has 2 heterocycles. The smallest absolute Gasteiger partial charge is 0.318 e. The predicted octanol–water partition coefficient (Wildman–Crippen LogP) is 1.61. The van der Waals surface area contributed by atoms with Crippen molar-refractivity contribution >= 4 is 22.6 Å². The lowest BCUT2D eigenvalue weighted by Gasteiger charge is -1.98. The average Bonchev–Trinajstić information content (AvgIpc) is 3.02. The number of methoxy groups -OCH3 is 1. The van der Waals surface area contributed by atoms with E-state index in [9.17, 15) is 4.79 Å². The van der Waals surface area contributed by atoms with Gasteiger partial charge in [-0.3, -0.25) is 4.79 Å². The summed E-state index contributed by atoms with van der Waals surface area (Å²) in [5, 5.41) is 8.53. The zero-order valence-corrected chi connectivity index (χ0v) is 11.0. The van der Waals surface area contributed by atoms with E-state index in [0.29, 0.717) is 22.3 Å². The minimum Gasteiger partial charge on any atom is -0.497 e. The number of nitrogens with two attached hydrogens (primary N) is 1. The van der Waals surface area contributed by atoms with Crippen molar-refractivity contribution in [1.29, 1.82) is 0 Å². The van der Waals surface area contributed by atoms with Crippen molar-refractivity contribution in [2.75, 3.05) is 12.8 Å². The molecule has 0 aliphatic carbocycles. The van der Waals surface area contributed by atoms with Gasteiger partial charge in [0.05, 0.1) is 18.3 Å². The lowest BCUT2D eigenvalue weighted by molar-refractivity contribution is 0.0911. The molecule has 3 rings (SSSR count). The molecule has 0 unspecified atom stereocenters. The Hall–Kier alpha value is -2.83. The van der Waals surface area contributed by atoms with Crippen LogP contribution in [0.25, 0.3) is 10.9 Å². The lowest BCUT2D eigenvalue weighted by Crippen LogP contribution is -2.15. The summed E-state index contributed by atoms with van der Waals surface area (Å²) in [5.41, 5.74) is 7.14. The van der Waals surface area contributed by atoms with E-state index in [1.807, 2.05) is 0 Å². The molecule has 7 nitrogen and oxygen atoms in total. The van der Waals surface area contributed by atoms with E-state index in [-0.39, 0.29) is 11.6 Å². The summed E-state index contributed by atoms with van der Waals surface area (Å²) in [5.74, 6) is 0.527. The maximum Gasteiger partial charge on any atom is 0.318 e. The second-order valence-electron chi connectivity index (χ2n) is 4.32. The predicted molar refractivity (Wildman–Crippen MR) is 71.7 cm³/mol. The number of benzene rings is 1. The summed E-state index contributed by atoms with van der Waals surface area (Å²) in [6.07, 6.45) is 0. The van der Waals surface area contributed by atoms with Gasteiger partial charge in [0.1, 0.15) is 11.6 Å².